The number of nitrogens with two attached hydrogens (primary N) is 4. The Labute approximate surface area is 74.0 Å². The van der Waals surface area contributed by atoms with E-state index in [2.05, 4.69) is 4.98 Å². The van der Waals surface area contributed by atoms with Gasteiger partial charge < -0.3 is 25.9 Å². The average Bonchev–Trinajstić information content (AvgIpc) is 2.31. The Bertz CT molecular complexity index is 306. The van der Waals surface area contributed by atoms with Crippen LogP contribution < -0.4 is 32.4 Å². The summed E-state index contributed by atoms with van der Waals surface area (Å²) < 4.78 is 10.4. The van der Waals surface area contributed by atoms with Crippen LogP contribution in [-0.4, -0.2) is 17.4 Å². The molecule has 0 fully saturated rings. The maximum atomic E-state index is 5.53. The number of hydrogen-bond acceptors (Lipinski definition) is 6. The van der Waals surface area contributed by atoms with E-state index in [0.29, 0.717) is 11.5 Å². The molecule has 9 N–H and O–H groups in total. The van der Waals surface area contributed by atoms with Crippen LogP contribution in [0.2, 0.25) is 0 Å². The number of hydrogen-bond donors (Lipinski definition) is 5. The van der Waals surface area contributed by atoms with Crippen LogP contribution in [0.15, 0.2) is 0 Å². The number of anilines is 2. The summed E-state index contributed by atoms with van der Waals surface area (Å²) in [7, 11) is 0. The zero-order valence-electron chi connectivity index (χ0n) is 6.78. The molecule has 1 aromatic heterocycles. The quantitative estimate of drug-likeness (QED) is 0.334. The van der Waals surface area contributed by atoms with Gasteiger partial charge >= 0.3 is 0 Å². The first-order valence-corrected chi connectivity index (χ1v) is 3.71. The molecular formula is C6H11N5O2. The third kappa shape index (κ3) is 1.05. The van der Waals surface area contributed by atoms with Gasteiger partial charge in [0.25, 0.3) is 0 Å². The van der Waals surface area contributed by atoms with Crippen LogP contribution in [0.1, 0.15) is 0 Å². The second-order valence-corrected chi connectivity index (χ2v) is 2.78. The first-order chi connectivity index (χ1) is 6.09. The molecule has 0 spiro atoms. The molecule has 2 atom stereocenters. The predicted octanol–water partition coefficient (Wildman–Crippen LogP) is -1.48. The molecule has 0 radical (unpaired) electrons. The average molecular weight is 185 g/mol. The minimum atomic E-state index is -0.731. The van der Waals surface area contributed by atoms with Crippen molar-refractivity contribution in [2.75, 3.05) is 11.5 Å². The first kappa shape index (κ1) is 8.02. The Balaban J connectivity index is 2.44. The molecule has 2 rings (SSSR count). The maximum absolute atomic E-state index is 5.53. The SMILES string of the molecule is Nc1[nH]c(N)c2c1OC(N)C(N)O2. The largest absolute Gasteiger partial charge is 0.462 e. The lowest BCUT2D eigenvalue weighted by molar-refractivity contribution is 0.0309. The molecule has 1 aliphatic heterocycles. The van der Waals surface area contributed by atoms with E-state index in [-0.39, 0.29) is 11.6 Å². The van der Waals surface area contributed by atoms with Gasteiger partial charge in [0.2, 0.25) is 11.5 Å². The van der Waals surface area contributed by atoms with Crippen LogP contribution in [0.3, 0.4) is 0 Å². The Kier molecular flexibility index (Phi) is 1.51. The van der Waals surface area contributed by atoms with Crippen molar-refractivity contribution in [1.82, 2.24) is 4.98 Å². The number of ether oxygens (including phenoxy) is 2. The van der Waals surface area contributed by atoms with Crippen LogP contribution >= 0.6 is 0 Å². The van der Waals surface area contributed by atoms with Crippen LogP contribution in [-0.2, 0) is 0 Å². The lowest BCUT2D eigenvalue weighted by Crippen LogP contribution is -2.51. The van der Waals surface area contributed by atoms with E-state index in [9.17, 15) is 0 Å². The molecule has 0 saturated carbocycles. The van der Waals surface area contributed by atoms with Gasteiger partial charge in [-0.05, 0) is 0 Å². The van der Waals surface area contributed by atoms with Crippen LogP contribution in [0.5, 0.6) is 11.5 Å². The van der Waals surface area contributed by atoms with Crippen LogP contribution in [0.25, 0.3) is 0 Å². The Morgan fingerprint density at radius 3 is 1.69 bits per heavy atom. The number of nitrogens with one attached hydrogen (secondary N) is 1. The predicted molar refractivity (Wildman–Crippen MR) is 46.8 cm³/mol. The summed E-state index contributed by atoms with van der Waals surface area (Å²) in [6, 6.07) is 0. The van der Waals surface area contributed by atoms with Gasteiger partial charge in [-0.2, -0.15) is 0 Å². The molecule has 72 valence electrons. The minimum absolute atomic E-state index is 0.287. The van der Waals surface area contributed by atoms with Crippen molar-refractivity contribution in [3.63, 3.8) is 0 Å². The summed E-state index contributed by atoms with van der Waals surface area (Å²) in [4.78, 5) is 2.65. The van der Waals surface area contributed by atoms with E-state index in [0.717, 1.165) is 0 Å². The van der Waals surface area contributed by atoms with Crippen molar-refractivity contribution >= 4 is 11.6 Å². The molecule has 0 saturated heterocycles. The lowest BCUT2D eigenvalue weighted by Gasteiger charge is -2.27. The van der Waals surface area contributed by atoms with Crippen LogP contribution in [0.4, 0.5) is 11.6 Å². The van der Waals surface area contributed by atoms with Gasteiger partial charge in [-0.25, -0.2) is 0 Å². The smallest absolute Gasteiger partial charge is 0.207 e. The topological polar surface area (TPSA) is 138 Å². The van der Waals surface area contributed by atoms with E-state index in [1.807, 2.05) is 0 Å². The summed E-state index contributed by atoms with van der Waals surface area (Å²) in [5.41, 5.74) is 22.0. The number of nitrogen functional groups attached to an aromatic ring is 2. The molecular weight excluding hydrogens is 174 g/mol. The monoisotopic (exact) mass is 185 g/mol. The summed E-state index contributed by atoms with van der Waals surface area (Å²) in [6.07, 6.45) is -1.46. The molecule has 7 nitrogen and oxygen atoms in total. The van der Waals surface area contributed by atoms with Gasteiger partial charge in [0.1, 0.15) is 11.6 Å². The highest BCUT2D eigenvalue weighted by molar-refractivity contribution is 5.69. The van der Waals surface area contributed by atoms with E-state index < -0.39 is 12.5 Å². The molecule has 1 aliphatic rings. The fourth-order valence-electron chi connectivity index (χ4n) is 1.14. The van der Waals surface area contributed by atoms with Gasteiger partial charge in [0.15, 0.2) is 12.5 Å². The molecule has 1 aromatic rings. The normalized spacial score (nSPS) is 26.0. The Morgan fingerprint density at radius 1 is 0.923 bits per heavy atom. The Morgan fingerprint density at radius 2 is 1.31 bits per heavy atom. The van der Waals surface area contributed by atoms with E-state index in [1.165, 1.54) is 0 Å². The highest BCUT2D eigenvalue weighted by atomic mass is 16.6. The number of fused-ring (bicyclic) bond motifs is 1. The maximum Gasteiger partial charge on any atom is 0.207 e. The highest BCUT2D eigenvalue weighted by Gasteiger charge is 2.30. The van der Waals surface area contributed by atoms with Gasteiger partial charge in [-0.3, -0.25) is 11.5 Å². The molecule has 7 heteroatoms. The van der Waals surface area contributed by atoms with E-state index in [4.69, 9.17) is 32.4 Å². The minimum Gasteiger partial charge on any atom is -0.462 e. The fourth-order valence-corrected chi connectivity index (χ4v) is 1.14. The van der Waals surface area contributed by atoms with Crippen LogP contribution in [0, 0.1) is 0 Å². The molecule has 0 aromatic carbocycles. The third-order valence-electron chi connectivity index (χ3n) is 1.80. The summed E-state index contributed by atoms with van der Waals surface area (Å²) in [5.74, 6) is 1.23. The number of H-pyrrole nitrogens is 1. The fraction of sp³-hybridized carbons (Fsp3) is 0.333. The lowest BCUT2D eigenvalue weighted by atomic mass is 10.4. The molecule has 0 bridgehead atoms. The van der Waals surface area contributed by atoms with Crippen molar-refractivity contribution in [3.05, 3.63) is 0 Å². The van der Waals surface area contributed by atoms with Gasteiger partial charge in [0.05, 0.1) is 0 Å². The highest BCUT2D eigenvalue weighted by Crippen LogP contribution is 2.42. The number of aromatic nitrogens is 1. The van der Waals surface area contributed by atoms with Crippen molar-refractivity contribution in [1.29, 1.82) is 0 Å². The standard InChI is InChI=1S/C6H11N5O2/c7-3-1-2(4(8)11-3)13-6(10)5(9)12-1/h5-6,11H,7-10H2. The van der Waals surface area contributed by atoms with Crippen molar-refractivity contribution in [2.24, 2.45) is 11.5 Å². The zero-order chi connectivity index (χ0) is 9.59. The molecule has 0 amide bonds. The number of aromatic amines is 1. The molecule has 2 unspecified atom stereocenters. The summed E-state index contributed by atoms with van der Waals surface area (Å²) in [6.45, 7) is 0. The molecule has 2 heterocycles. The summed E-state index contributed by atoms with van der Waals surface area (Å²) >= 11 is 0. The van der Waals surface area contributed by atoms with Gasteiger partial charge in [0, 0.05) is 0 Å². The van der Waals surface area contributed by atoms with Crippen molar-refractivity contribution < 1.29 is 9.47 Å². The zero-order valence-corrected chi connectivity index (χ0v) is 6.78. The van der Waals surface area contributed by atoms with Gasteiger partial charge in [-0.1, -0.05) is 0 Å². The number of rotatable bonds is 0. The first-order valence-electron chi connectivity index (χ1n) is 3.71. The second kappa shape index (κ2) is 2.44. The van der Waals surface area contributed by atoms with E-state index >= 15 is 0 Å². The Hall–Kier alpha value is -1.60. The second-order valence-electron chi connectivity index (χ2n) is 2.78. The van der Waals surface area contributed by atoms with Crippen molar-refractivity contribution in [3.8, 4) is 11.5 Å². The summed E-state index contributed by atoms with van der Waals surface area (Å²) in [5, 5.41) is 0. The van der Waals surface area contributed by atoms with Crippen molar-refractivity contribution in [2.45, 2.75) is 12.5 Å². The van der Waals surface area contributed by atoms with E-state index in [1.54, 1.807) is 0 Å². The molecule has 0 aliphatic carbocycles. The molecule has 13 heavy (non-hydrogen) atoms. The third-order valence-corrected chi connectivity index (χ3v) is 1.80. The van der Waals surface area contributed by atoms with Gasteiger partial charge in [-0.15, -0.1) is 0 Å².